The van der Waals surface area contributed by atoms with E-state index >= 15 is 0 Å². The highest BCUT2D eigenvalue weighted by molar-refractivity contribution is 7.90. The van der Waals surface area contributed by atoms with Crippen molar-refractivity contribution < 1.29 is 13.2 Å². The summed E-state index contributed by atoms with van der Waals surface area (Å²) in [5.74, 6) is 0.588. The number of anilines is 1. The van der Waals surface area contributed by atoms with Crippen LogP contribution in [0.25, 0.3) is 0 Å². The summed E-state index contributed by atoms with van der Waals surface area (Å²) in [6, 6.07) is 15.1. The smallest absolute Gasteiger partial charge is 0.285 e. The average Bonchev–Trinajstić information content (AvgIpc) is 3.05. The third kappa shape index (κ3) is 4.30. The molecule has 0 spiro atoms. The van der Waals surface area contributed by atoms with Crippen molar-refractivity contribution in [1.29, 1.82) is 0 Å². The highest BCUT2D eigenvalue weighted by Crippen LogP contribution is 2.30. The van der Waals surface area contributed by atoms with E-state index in [0.717, 1.165) is 11.3 Å². The van der Waals surface area contributed by atoms with Crippen molar-refractivity contribution in [1.82, 2.24) is 9.80 Å². The second kappa shape index (κ2) is 8.34. The van der Waals surface area contributed by atoms with Gasteiger partial charge in [0.1, 0.15) is 4.90 Å². The molecule has 8 heteroatoms. The lowest BCUT2D eigenvalue weighted by atomic mass is 9.94. The van der Waals surface area contributed by atoms with Crippen LogP contribution in [0, 0.1) is 5.92 Å². The zero-order valence-electron chi connectivity index (χ0n) is 18.2. The largest absolute Gasteiger partial charge is 0.378 e. The van der Waals surface area contributed by atoms with Crippen molar-refractivity contribution in [3.63, 3.8) is 0 Å². The normalized spacial score (nSPS) is 17.8. The number of amides is 1. The van der Waals surface area contributed by atoms with Crippen molar-refractivity contribution in [3.05, 3.63) is 59.7 Å². The monoisotopic (exact) mass is 440 g/mol. The second-order valence-electron chi connectivity index (χ2n) is 8.40. The maximum absolute atomic E-state index is 13.0. The first-order valence-corrected chi connectivity index (χ1v) is 11.9. The molecule has 1 saturated heterocycles. The van der Waals surface area contributed by atoms with Crippen LogP contribution in [-0.4, -0.2) is 64.2 Å². The van der Waals surface area contributed by atoms with Gasteiger partial charge in [-0.1, -0.05) is 24.3 Å². The molecule has 0 unspecified atom stereocenters. The lowest BCUT2D eigenvalue weighted by Gasteiger charge is -2.34. The van der Waals surface area contributed by atoms with Crippen LogP contribution in [0.4, 0.5) is 5.69 Å². The van der Waals surface area contributed by atoms with Crippen LogP contribution in [0.15, 0.2) is 57.8 Å². The average molecular weight is 441 g/mol. The van der Waals surface area contributed by atoms with E-state index in [1.165, 1.54) is 0 Å². The van der Waals surface area contributed by atoms with Gasteiger partial charge in [0.05, 0.1) is 0 Å². The fourth-order valence-electron chi connectivity index (χ4n) is 4.22. The van der Waals surface area contributed by atoms with E-state index in [1.54, 1.807) is 23.1 Å². The van der Waals surface area contributed by atoms with E-state index in [1.807, 2.05) is 37.0 Å². The van der Waals surface area contributed by atoms with Gasteiger partial charge in [-0.05, 0) is 42.7 Å². The Morgan fingerprint density at radius 2 is 1.68 bits per heavy atom. The first-order valence-electron chi connectivity index (χ1n) is 10.5. The molecule has 2 aliphatic rings. The van der Waals surface area contributed by atoms with Gasteiger partial charge < -0.3 is 14.7 Å². The number of rotatable bonds is 4. The van der Waals surface area contributed by atoms with E-state index in [4.69, 9.17) is 0 Å². The number of hydrogen-bond donors (Lipinski definition) is 0. The molecule has 2 aromatic carbocycles. The van der Waals surface area contributed by atoms with Crippen LogP contribution in [0.2, 0.25) is 0 Å². The molecule has 2 aliphatic heterocycles. The van der Waals surface area contributed by atoms with Gasteiger partial charge >= 0.3 is 0 Å². The summed E-state index contributed by atoms with van der Waals surface area (Å²) >= 11 is 0. The van der Waals surface area contributed by atoms with Crippen molar-refractivity contribution in [2.75, 3.05) is 39.1 Å². The molecule has 2 aromatic rings. The Kier molecular flexibility index (Phi) is 5.75. The number of benzene rings is 2. The lowest BCUT2D eigenvalue weighted by Crippen LogP contribution is -2.43. The first-order chi connectivity index (χ1) is 14.8. The lowest BCUT2D eigenvalue weighted by molar-refractivity contribution is -0.136. The van der Waals surface area contributed by atoms with Crippen LogP contribution in [0.5, 0.6) is 0 Å². The Hall–Kier alpha value is -2.87. The maximum Gasteiger partial charge on any atom is 0.285 e. The Morgan fingerprint density at radius 1 is 1.03 bits per heavy atom. The SMILES string of the molecule is CN(Cc1ccc(N(C)C)cc1)C(=O)C1CCN(C2=NS(=O)(=O)c3ccccc32)CC1. The Balaban J connectivity index is 1.37. The topological polar surface area (TPSA) is 73.3 Å². The van der Waals surface area contributed by atoms with Crippen molar-refractivity contribution in [2.24, 2.45) is 10.3 Å². The van der Waals surface area contributed by atoms with Gasteiger partial charge in [0.25, 0.3) is 10.0 Å². The van der Waals surface area contributed by atoms with Crippen molar-refractivity contribution in [2.45, 2.75) is 24.3 Å². The molecule has 0 N–H and O–H groups in total. The number of carbonyl (C=O) groups is 1. The molecule has 1 fully saturated rings. The standard InChI is InChI=1S/C23H28N4O3S/c1-25(2)19-10-8-17(9-11-19)16-26(3)23(28)18-12-14-27(15-13-18)22-20-6-4-5-7-21(20)31(29,30)24-22/h4-11,18H,12-16H2,1-3H3. The fraction of sp³-hybridized carbons (Fsp3) is 0.391. The first kappa shape index (κ1) is 21.4. The van der Waals surface area contributed by atoms with Crippen LogP contribution in [-0.2, 0) is 21.4 Å². The molecule has 31 heavy (non-hydrogen) atoms. The van der Waals surface area contributed by atoms with Crippen LogP contribution < -0.4 is 4.90 Å². The molecule has 0 radical (unpaired) electrons. The Labute approximate surface area is 184 Å². The van der Waals surface area contributed by atoms with Gasteiger partial charge in [0, 0.05) is 57.9 Å². The fourth-order valence-corrected chi connectivity index (χ4v) is 5.45. The predicted molar refractivity (Wildman–Crippen MR) is 122 cm³/mol. The summed E-state index contributed by atoms with van der Waals surface area (Å²) in [5.41, 5.74) is 2.88. The van der Waals surface area contributed by atoms with Crippen LogP contribution in [0.1, 0.15) is 24.0 Å². The third-order valence-corrected chi connectivity index (χ3v) is 7.33. The molecule has 7 nitrogen and oxygen atoms in total. The summed E-state index contributed by atoms with van der Waals surface area (Å²) in [6.45, 7) is 1.81. The van der Waals surface area contributed by atoms with E-state index in [0.29, 0.717) is 43.9 Å². The summed E-state index contributed by atoms with van der Waals surface area (Å²) in [6.07, 6.45) is 1.37. The molecule has 0 bridgehead atoms. The summed E-state index contributed by atoms with van der Waals surface area (Å²) < 4.78 is 28.7. The van der Waals surface area contributed by atoms with Gasteiger partial charge in [0.2, 0.25) is 5.91 Å². The number of hydrogen-bond acceptors (Lipinski definition) is 5. The molecule has 1 amide bonds. The minimum absolute atomic E-state index is 0.0591. The number of sulfonamides is 1. The van der Waals surface area contributed by atoms with Gasteiger partial charge in [-0.15, -0.1) is 4.40 Å². The molecule has 0 saturated carbocycles. The van der Waals surface area contributed by atoms with Crippen LogP contribution >= 0.6 is 0 Å². The van der Waals surface area contributed by atoms with E-state index < -0.39 is 10.0 Å². The van der Waals surface area contributed by atoms with E-state index in [2.05, 4.69) is 28.7 Å². The van der Waals surface area contributed by atoms with Crippen molar-refractivity contribution >= 4 is 27.5 Å². The number of nitrogens with zero attached hydrogens (tertiary/aromatic N) is 4. The summed E-state index contributed by atoms with van der Waals surface area (Å²) in [4.78, 5) is 19.1. The molecule has 0 aromatic heterocycles. The molecular formula is C23H28N4O3S. The molecule has 0 aliphatic carbocycles. The van der Waals surface area contributed by atoms with Crippen molar-refractivity contribution in [3.8, 4) is 0 Å². The molecule has 0 atom stereocenters. The number of likely N-dealkylation sites (tertiary alicyclic amines) is 1. The predicted octanol–water partition coefficient (Wildman–Crippen LogP) is 2.57. The number of carbonyl (C=O) groups excluding carboxylic acids is 1. The zero-order valence-corrected chi connectivity index (χ0v) is 19.0. The molecule has 4 rings (SSSR count). The molecule has 164 valence electrons. The summed E-state index contributed by atoms with van der Waals surface area (Å²) in [5, 5.41) is 0. The van der Waals surface area contributed by atoms with Gasteiger partial charge in [-0.2, -0.15) is 8.42 Å². The highest BCUT2D eigenvalue weighted by Gasteiger charge is 2.35. The second-order valence-corrected chi connectivity index (χ2v) is 9.98. The molecule has 2 heterocycles. The van der Waals surface area contributed by atoms with E-state index in [-0.39, 0.29) is 16.7 Å². The maximum atomic E-state index is 13.0. The van der Waals surface area contributed by atoms with E-state index in [9.17, 15) is 13.2 Å². The number of piperidine rings is 1. The Bertz CT molecular complexity index is 1100. The Morgan fingerprint density at radius 3 is 2.32 bits per heavy atom. The minimum Gasteiger partial charge on any atom is -0.378 e. The highest BCUT2D eigenvalue weighted by atomic mass is 32.2. The third-order valence-electron chi connectivity index (χ3n) is 6.00. The summed E-state index contributed by atoms with van der Waals surface area (Å²) in [7, 11) is 2.23. The quantitative estimate of drug-likeness (QED) is 0.731. The van der Waals surface area contributed by atoms with Gasteiger partial charge in [-0.25, -0.2) is 0 Å². The molecular weight excluding hydrogens is 412 g/mol. The van der Waals surface area contributed by atoms with Gasteiger partial charge in [0.15, 0.2) is 5.84 Å². The van der Waals surface area contributed by atoms with Crippen LogP contribution in [0.3, 0.4) is 0 Å². The number of amidine groups is 1. The van der Waals surface area contributed by atoms with Gasteiger partial charge in [-0.3, -0.25) is 4.79 Å². The zero-order chi connectivity index (χ0) is 22.2. The minimum atomic E-state index is -3.62. The number of fused-ring (bicyclic) bond motifs is 1.